The third-order valence-corrected chi connectivity index (χ3v) is 3.15. The second kappa shape index (κ2) is 8.56. The first-order chi connectivity index (χ1) is 10.7. The van der Waals surface area contributed by atoms with E-state index in [2.05, 4.69) is 5.32 Å². The van der Waals surface area contributed by atoms with Gasteiger partial charge in [-0.25, -0.2) is 4.79 Å². The molecule has 5 nitrogen and oxygen atoms in total. The van der Waals surface area contributed by atoms with E-state index in [0.29, 0.717) is 6.54 Å². The van der Waals surface area contributed by atoms with Crippen LogP contribution in [0.1, 0.15) is 46.6 Å². The third-order valence-electron chi connectivity index (χ3n) is 3.15. The van der Waals surface area contributed by atoms with E-state index in [9.17, 15) is 9.59 Å². The van der Waals surface area contributed by atoms with Crippen molar-refractivity contribution in [3.8, 4) is 0 Å². The van der Waals surface area contributed by atoms with Crippen LogP contribution in [-0.4, -0.2) is 35.1 Å². The lowest BCUT2D eigenvalue weighted by Crippen LogP contribution is -2.39. The van der Waals surface area contributed by atoms with E-state index >= 15 is 0 Å². The van der Waals surface area contributed by atoms with Gasteiger partial charge in [-0.05, 0) is 40.2 Å². The van der Waals surface area contributed by atoms with Crippen LogP contribution in [0, 0.1) is 0 Å². The molecule has 1 aromatic carbocycles. The highest BCUT2D eigenvalue weighted by Crippen LogP contribution is 2.10. The number of nitrogens with zero attached hydrogens (tertiary/aromatic N) is 1. The van der Waals surface area contributed by atoms with Gasteiger partial charge >= 0.3 is 6.09 Å². The zero-order valence-electron chi connectivity index (χ0n) is 14.8. The minimum Gasteiger partial charge on any atom is -0.444 e. The lowest BCUT2D eigenvalue weighted by Gasteiger charge is -2.27. The van der Waals surface area contributed by atoms with E-state index in [1.807, 2.05) is 49.1 Å². The lowest BCUT2D eigenvalue weighted by atomic mass is 10.1. The van der Waals surface area contributed by atoms with Crippen LogP contribution in [0.15, 0.2) is 30.3 Å². The average Bonchev–Trinajstić information content (AvgIpc) is 2.43. The van der Waals surface area contributed by atoms with Crippen molar-refractivity contribution in [2.45, 2.75) is 59.2 Å². The summed E-state index contributed by atoms with van der Waals surface area (Å²) in [7, 11) is 0. The molecule has 0 spiro atoms. The van der Waals surface area contributed by atoms with E-state index < -0.39 is 11.7 Å². The van der Waals surface area contributed by atoms with Gasteiger partial charge in [0.05, 0.1) is 0 Å². The smallest absolute Gasteiger partial charge is 0.407 e. The van der Waals surface area contributed by atoms with E-state index in [-0.39, 0.29) is 24.9 Å². The molecule has 23 heavy (non-hydrogen) atoms. The Morgan fingerprint density at radius 2 is 1.78 bits per heavy atom. The summed E-state index contributed by atoms with van der Waals surface area (Å²) in [6.07, 6.45) is -0.242. The molecule has 1 rings (SSSR count). The SMILES string of the molecule is CC(C)N(Cc1ccccc1)C(=O)CCNC(=O)OC(C)(C)C. The third kappa shape index (κ3) is 7.68. The largest absolute Gasteiger partial charge is 0.444 e. The van der Waals surface area contributed by atoms with Crippen molar-refractivity contribution in [2.24, 2.45) is 0 Å². The molecule has 0 aliphatic carbocycles. The van der Waals surface area contributed by atoms with Crippen LogP contribution in [0.2, 0.25) is 0 Å². The zero-order valence-corrected chi connectivity index (χ0v) is 14.8. The number of rotatable bonds is 6. The highest BCUT2D eigenvalue weighted by Gasteiger charge is 2.19. The second-order valence-electron chi connectivity index (χ2n) is 6.78. The Kier molecular flexibility index (Phi) is 7.07. The van der Waals surface area contributed by atoms with Crippen LogP contribution in [0.4, 0.5) is 4.79 Å². The minimum absolute atomic E-state index is 0.0138. The van der Waals surface area contributed by atoms with Crippen LogP contribution >= 0.6 is 0 Å². The van der Waals surface area contributed by atoms with E-state index in [1.54, 1.807) is 20.8 Å². The van der Waals surface area contributed by atoms with Crippen LogP contribution < -0.4 is 5.32 Å². The summed E-state index contributed by atoms with van der Waals surface area (Å²) < 4.78 is 5.15. The van der Waals surface area contributed by atoms with Crippen LogP contribution in [0.25, 0.3) is 0 Å². The maximum absolute atomic E-state index is 12.4. The molecule has 0 saturated heterocycles. The summed E-state index contributed by atoms with van der Waals surface area (Å²) in [5, 5.41) is 2.62. The molecular formula is C18H28N2O3. The molecule has 0 heterocycles. The Hall–Kier alpha value is -2.04. The Bertz CT molecular complexity index is 507. The molecule has 0 fully saturated rings. The van der Waals surface area contributed by atoms with Gasteiger partial charge in [0.2, 0.25) is 5.91 Å². The van der Waals surface area contributed by atoms with E-state index in [4.69, 9.17) is 4.74 Å². The van der Waals surface area contributed by atoms with Gasteiger partial charge in [-0.2, -0.15) is 0 Å². The Balaban J connectivity index is 2.48. The van der Waals surface area contributed by atoms with Crippen LogP contribution in [-0.2, 0) is 16.1 Å². The number of benzene rings is 1. The number of carbonyl (C=O) groups is 2. The maximum atomic E-state index is 12.4. The van der Waals surface area contributed by atoms with Gasteiger partial charge in [-0.3, -0.25) is 4.79 Å². The molecule has 0 aliphatic heterocycles. The highest BCUT2D eigenvalue weighted by atomic mass is 16.6. The molecule has 0 atom stereocenters. The molecule has 128 valence electrons. The number of amides is 2. The predicted molar refractivity (Wildman–Crippen MR) is 91.0 cm³/mol. The molecular weight excluding hydrogens is 292 g/mol. The van der Waals surface area contributed by atoms with Crippen molar-refractivity contribution < 1.29 is 14.3 Å². The highest BCUT2D eigenvalue weighted by molar-refractivity contribution is 5.77. The zero-order chi connectivity index (χ0) is 17.5. The summed E-state index contributed by atoms with van der Waals surface area (Å²) in [5.74, 6) is 0.0138. The molecule has 1 aromatic rings. The number of hydrogen-bond acceptors (Lipinski definition) is 3. The topological polar surface area (TPSA) is 58.6 Å². The molecule has 0 aliphatic rings. The molecule has 2 amide bonds. The van der Waals surface area contributed by atoms with Crippen molar-refractivity contribution >= 4 is 12.0 Å². The molecule has 0 aromatic heterocycles. The van der Waals surface area contributed by atoms with Crippen molar-refractivity contribution in [1.29, 1.82) is 0 Å². The van der Waals surface area contributed by atoms with E-state index in [1.165, 1.54) is 0 Å². The van der Waals surface area contributed by atoms with E-state index in [0.717, 1.165) is 5.56 Å². The van der Waals surface area contributed by atoms with Gasteiger partial charge in [0.25, 0.3) is 0 Å². The summed E-state index contributed by atoms with van der Waals surface area (Å²) in [5.41, 5.74) is 0.556. The van der Waals surface area contributed by atoms with Crippen molar-refractivity contribution in [3.05, 3.63) is 35.9 Å². The van der Waals surface area contributed by atoms with Crippen molar-refractivity contribution in [1.82, 2.24) is 10.2 Å². The Labute approximate surface area is 139 Å². The minimum atomic E-state index is -0.536. The lowest BCUT2D eigenvalue weighted by molar-refractivity contribution is -0.133. The van der Waals surface area contributed by atoms with Gasteiger partial charge in [0.1, 0.15) is 5.60 Å². The fraction of sp³-hybridized carbons (Fsp3) is 0.556. The standard InChI is InChI=1S/C18H28N2O3/c1-14(2)20(13-15-9-7-6-8-10-15)16(21)11-12-19-17(22)23-18(3,4)5/h6-10,14H,11-13H2,1-5H3,(H,19,22). The number of nitrogens with one attached hydrogen (secondary N) is 1. The van der Waals surface area contributed by atoms with Crippen LogP contribution in [0.3, 0.4) is 0 Å². The number of alkyl carbamates (subject to hydrolysis) is 1. The number of carbonyl (C=O) groups excluding carboxylic acids is 2. The monoisotopic (exact) mass is 320 g/mol. The van der Waals surface area contributed by atoms with Gasteiger partial charge in [-0.1, -0.05) is 30.3 Å². The average molecular weight is 320 g/mol. The normalized spacial score (nSPS) is 11.2. The fourth-order valence-electron chi connectivity index (χ4n) is 2.07. The van der Waals surface area contributed by atoms with Gasteiger partial charge in [-0.15, -0.1) is 0 Å². The molecule has 0 unspecified atom stereocenters. The maximum Gasteiger partial charge on any atom is 0.407 e. The Morgan fingerprint density at radius 1 is 1.17 bits per heavy atom. The molecule has 0 bridgehead atoms. The number of hydrogen-bond donors (Lipinski definition) is 1. The number of ether oxygens (including phenoxy) is 1. The summed E-state index contributed by atoms with van der Waals surface area (Å²) in [6.45, 7) is 10.2. The summed E-state index contributed by atoms with van der Waals surface area (Å²) >= 11 is 0. The first-order valence-electron chi connectivity index (χ1n) is 7.99. The molecule has 0 saturated carbocycles. The summed E-state index contributed by atoms with van der Waals surface area (Å²) in [6, 6.07) is 9.98. The molecule has 0 radical (unpaired) electrons. The summed E-state index contributed by atoms with van der Waals surface area (Å²) in [4.78, 5) is 25.8. The van der Waals surface area contributed by atoms with Crippen molar-refractivity contribution in [3.63, 3.8) is 0 Å². The predicted octanol–water partition coefficient (Wildman–Crippen LogP) is 3.34. The molecule has 1 N–H and O–H groups in total. The Morgan fingerprint density at radius 3 is 2.30 bits per heavy atom. The molecule has 5 heteroatoms. The van der Waals surface area contributed by atoms with Crippen LogP contribution in [0.5, 0.6) is 0 Å². The quantitative estimate of drug-likeness (QED) is 0.874. The van der Waals surface area contributed by atoms with Gasteiger partial charge in [0, 0.05) is 25.6 Å². The second-order valence-corrected chi connectivity index (χ2v) is 6.78. The van der Waals surface area contributed by atoms with Gasteiger partial charge in [0.15, 0.2) is 0 Å². The van der Waals surface area contributed by atoms with Crippen molar-refractivity contribution in [2.75, 3.05) is 6.54 Å². The van der Waals surface area contributed by atoms with Gasteiger partial charge < -0.3 is 15.0 Å². The fourth-order valence-corrected chi connectivity index (χ4v) is 2.07. The first kappa shape index (κ1) is 19.0. The first-order valence-corrected chi connectivity index (χ1v) is 7.99.